The molecule has 14 heavy (non-hydrogen) atoms. The molecular formula is C10H20N2O2. The fourth-order valence-electron chi connectivity index (χ4n) is 1.35. The van der Waals surface area contributed by atoms with Gasteiger partial charge in [-0.3, -0.25) is 0 Å². The predicted molar refractivity (Wildman–Crippen MR) is 55.2 cm³/mol. The van der Waals surface area contributed by atoms with E-state index in [0.717, 1.165) is 0 Å². The van der Waals surface area contributed by atoms with Crippen LogP contribution in [0, 0.1) is 5.92 Å². The predicted octanol–water partition coefficient (Wildman–Crippen LogP) is 1.12. The Hall–Kier alpha value is -0.770. The smallest absolute Gasteiger partial charge is 0.315 e. The third kappa shape index (κ3) is 4.46. The summed E-state index contributed by atoms with van der Waals surface area (Å²) in [5, 5.41) is 5.67. The lowest BCUT2D eigenvalue weighted by Gasteiger charge is -2.13. The molecule has 1 fully saturated rings. The van der Waals surface area contributed by atoms with Crippen LogP contribution >= 0.6 is 0 Å². The second-order valence-electron chi connectivity index (χ2n) is 3.72. The van der Waals surface area contributed by atoms with Crippen LogP contribution in [-0.4, -0.2) is 31.8 Å². The minimum absolute atomic E-state index is 0.0795. The van der Waals surface area contributed by atoms with Gasteiger partial charge in [-0.1, -0.05) is 0 Å². The molecule has 1 rings (SSSR count). The van der Waals surface area contributed by atoms with Gasteiger partial charge in [-0.25, -0.2) is 4.79 Å². The third-order valence-electron chi connectivity index (χ3n) is 2.42. The molecule has 0 aromatic carbocycles. The highest BCUT2D eigenvalue weighted by molar-refractivity contribution is 5.74. The normalized spacial score (nSPS) is 17.6. The van der Waals surface area contributed by atoms with Crippen molar-refractivity contribution >= 4 is 6.03 Å². The maximum Gasteiger partial charge on any atom is 0.315 e. The Morgan fingerprint density at radius 1 is 1.57 bits per heavy atom. The topological polar surface area (TPSA) is 50.4 Å². The van der Waals surface area contributed by atoms with Gasteiger partial charge in [0.15, 0.2) is 0 Å². The molecule has 0 spiro atoms. The standard InChI is InChI=1S/C10H20N2O2/c1-3-14-7-6-11-10(13)12-8(2)9-4-5-9/h8-9H,3-7H2,1-2H3,(H2,11,12,13). The minimum Gasteiger partial charge on any atom is -0.380 e. The molecule has 0 heterocycles. The molecule has 0 bridgehead atoms. The van der Waals surface area contributed by atoms with Crippen LogP contribution < -0.4 is 10.6 Å². The van der Waals surface area contributed by atoms with Crippen molar-refractivity contribution in [2.45, 2.75) is 32.7 Å². The zero-order chi connectivity index (χ0) is 10.4. The quantitative estimate of drug-likeness (QED) is 0.631. The summed E-state index contributed by atoms with van der Waals surface area (Å²) in [6.45, 7) is 5.86. The molecule has 0 aromatic heterocycles. The van der Waals surface area contributed by atoms with Crippen molar-refractivity contribution in [1.29, 1.82) is 0 Å². The summed E-state index contributed by atoms with van der Waals surface area (Å²) in [5.41, 5.74) is 0. The summed E-state index contributed by atoms with van der Waals surface area (Å²) in [6, 6.07) is 0.228. The molecule has 0 aliphatic heterocycles. The van der Waals surface area contributed by atoms with Gasteiger partial charge in [0.1, 0.15) is 0 Å². The second kappa shape index (κ2) is 5.86. The number of hydrogen-bond donors (Lipinski definition) is 2. The molecule has 0 saturated heterocycles. The summed E-state index contributed by atoms with van der Waals surface area (Å²) in [5.74, 6) is 0.702. The Balaban J connectivity index is 1.97. The van der Waals surface area contributed by atoms with Crippen LogP contribution in [0.25, 0.3) is 0 Å². The summed E-state index contributed by atoms with van der Waals surface area (Å²) in [7, 11) is 0. The molecule has 1 saturated carbocycles. The molecule has 1 aliphatic rings. The van der Waals surface area contributed by atoms with Gasteiger partial charge in [0.05, 0.1) is 6.61 Å². The Kier molecular flexibility index (Phi) is 4.73. The molecule has 4 nitrogen and oxygen atoms in total. The van der Waals surface area contributed by atoms with E-state index in [4.69, 9.17) is 4.74 Å². The van der Waals surface area contributed by atoms with E-state index in [-0.39, 0.29) is 6.03 Å². The SMILES string of the molecule is CCOCCNC(=O)NC(C)C1CC1. The van der Waals surface area contributed by atoms with Gasteiger partial charge in [-0.05, 0) is 32.6 Å². The van der Waals surface area contributed by atoms with E-state index in [0.29, 0.717) is 31.7 Å². The number of rotatable bonds is 6. The largest absolute Gasteiger partial charge is 0.380 e. The van der Waals surface area contributed by atoms with Gasteiger partial charge >= 0.3 is 6.03 Å². The van der Waals surface area contributed by atoms with Gasteiger partial charge < -0.3 is 15.4 Å². The van der Waals surface area contributed by atoms with Crippen molar-refractivity contribution < 1.29 is 9.53 Å². The summed E-state index contributed by atoms with van der Waals surface area (Å²) < 4.78 is 5.11. The first-order valence-electron chi connectivity index (χ1n) is 5.36. The highest BCUT2D eigenvalue weighted by atomic mass is 16.5. The van der Waals surface area contributed by atoms with Crippen molar-refractivity contribution in [1.82, 2.24) is 10.6 Å². The fourth-order valence-corrected chi connectivity index (χ4v) is 1.35. The van der Waals surface area contributed by atoms with E-state index in [1.807, 2.05) is 6.92 Å². The fraction of sp³-hybridized carbons (Fsp3) is 0.900. The van der Waals surface area contributed by atoms with Crippen molar-refractivity contribution in [2.75, 3.05) is 19.8 Å². The Bertz CT molecular complexity index is 181. The number of hydrogen-bond acceptors (Lipinski definition) is 2. The average Bonchev–Trinajstić information content (AvgIpc) is 2.95. The minimum atomic E-state index is -0.0795. The van der Waals surface area contributed by atoms with Crippen LogP contribution in [0.15, 0.2) is 0 Å². The monoisotopic (exact) mass is 200 g/mol. The van der Waals surface area contributed by atoms with Crippen LogP contribution in [0.2, 0.25) is 0 Å². The maximum absolute atomic E-state index is 11.3. The number of nitrogens with one attached hydrogen (secondary N) is 2. The molecule has 1 aliphatic carbocycles. The zero-order valence-electron chi connectivity index (χ0n) is 9.01. The lowest BCUT2D eigenvalue weighted by molar-refractivity contribution is 0.149. The summed E-state index contributed by atoms with van der Waals surface area (Å²) >= 11 is 0. The van der Waals surface area contributed by atoms with E-state index in [9.17, 15) is 4.79 Å². The van der Waals surface area contributed by atoms with Gasteiger partial charge in [0.25, 0.3) is 0 Å². The van der Waals surface area contributed by atoms with E-state index in [1.54, 1.807) is 0 Å². The highest BCUT2D eigenvalue weighted by Crippen LogP contribution is 2.32. The van der Waals surface area contributed by atoms with E-state index in [1.165, 1.54) is 12.8 Å². The van der Waals surface area contributed by atoms with Crippen LogP contribution in [0.5, 0.6) is 0 Å². The molecular weight excluding hydrogens is 180 g/mol. The number of amides is 2. The van der Waals surface area contributed by atoms with Crippen LogP contribution in [0.4, 0.5) is 4.79 Å². The molecule has 0 radical (unpaired) electrons. The number of carbonyl (C=O) groups excluding carboxylic acids is 1. The van der Waals surface area contributed by atoms with E-state index < -0.39 is 0 Å². The molecule has 0 aromatic rings. The first-order chi connectivity index (χ1) is 6.74. The van der Waals surface area contributed by atoms with Crippen LogP contribution in [0.3, 0.4) is 0 Å². The van der Waals surface area contributed by atoms with Crippen LogP contribution in [0.1, 0.15) is 26.7 Å². The van der Waals surface area contributed by atoms with Crippen LogP contribution in [-0.2, 0) is 4.74 Å². The zero-order valence-corrected chi connectivity index (χ0v) is 9.01. The van der Waals surface area contributed by atoms with Crippen molar-refractivity contribution in [3.63, 3.8) is 0 Å². The van der Waals surface area contributed by atoms with Gasteiger partial charge in [0.2, 0.25) is 0 Å². The average molecular weight is 200 g/mol. The molecule has 82 valence electrons. The number of carbonyl (C=O) groups is 1. The second-order valence-corrected chi connectivity index (χ2v) is 3.72. The van der Waals surface area contributed by atoms with Gasteiger partial charge in [0, 0.05) is 19.2 Å². The lowest BCUT2D eigenvalue weighted by atomic mass is 10.2. The highest BCUT2D eigenvalue weighted by Gasteiger charge is 2.28. The molecule has 1 atom stereocenters. The molecule has 2 N–H and O–H groups in total. The maximum atomic E-state index is 11.3. The summed E-state index contributed by atoms with van der Waals surface area (Å²) in [6.07, 6.45) is 2.50. The molecule has 2 amide bonds. The van der Waals surface area contributed by atoms with Crippen molar-refractivity contribution in [2.24, 2.45) is 5.92 Å². The Morgan fingerprint density at radius 2 is 2.29 bits per heavy atom. The van der Waals surface area contributed by atoms with Gasteiger partial charge in [-0.2, -0.15) is 0 Å². The first kappa shape index (κ1) is 11.3. The summed E-state index contributed by atoms with van der Waals surface area (Å²) in [4.78, 5) is 11.3. The number of ether oxygens (including phenoxy) is 1. The Labute approximate surface area is 85.4 Å². The lowest BCUT2D eigenvalue weighted by Crippen LogP contribution is -2.42. The number of urea groups is 1. The molecule has 1 unspecified atom stereocenters. The van der Waals surface area contributed by atoms with Gasteiger partial charge in [-0.15, -0.1) is 0 Å². The first-order valence-corrected chi connectivity index (χ1v) is 5.36. The van der Waals surface area contributed by atoms with Crippen molar-refractivity contribution in [3.05, 3.63) is 0 Å². The third-order valence-corrected chi connectivity index (χ3v) is 2.42. The Morgan fingerprint density at radius 3 is 2.86 bits per heavy atom. The van der Waals surface area contributed by atoms with E-state index >= 15 is 0 Å². The van der Waals surface area contributed by atoms with E-state index in [2.05, 4.69) is 17.6 Å². The molecule has 4 heteroatoms. The van der Waals surface area contributed by atoms with Crippen molar-refractivity contribution in [3.8, 4) is 0 Å².